The molecular formula is C21H17N5O2. The van der Waals surface area contributed by atoms with E-state index in [0.29, 0.717) is 29.5 Å². The molecule has 138 valence electrons. The van der Waals surface area contributed by atoms with Crippen molar-refractivity contribution >= 4 is 27.5 Å². The highest BCUT2D eigenvalue weighted by Gasteiger charge is 2.13. The topological polar surface area (TPSA) is 103 Å². The SMILES string of the molecule is CCc1noc(-c2cc3c(cn2)[nH]c2ccc(Oc4ccc(N)cc4)cc23)n1. The molecule has 7 heteroatoms. The number of benzene rings is 2. The Balaban J connectivity index is 1.57. The average molecular weight is 371 g/mol. The maximum atomic E-state index is 5.97. The van der Waals surface area contributed by atoms with Crippen LogP contribution in [-0.2, 0) is 6.42 Å². The van der Waals surface area contributed by atoms with E-state index in [1.54, 1.807) is 6.20 Å². The molecule has 0 saturated heterocycles. The summed E-state index contributed by atoms with van der Waals surface area (Å²) in [6, 6.07) is 15.2. The highest BCUT2D eigenvalue weighted by Crippen LogP contribution is 2.32. The fourth-order valence-corrected chi connectivity index (χ4v) is 3.13. The molecular weight excluding hydrogens is 354 g/mol. The number of nitrogens with one attached hydrogen (secondary N) is 1. The van der Waals surface area contributed by atoms with Gasteiger partial charge in [0.05, 0.1) is 11.7 Å². The number of aryl methyl sites for hydroxylation is 1. The van der Waals surface area contributed by atoms with Crippen molar-refractivity contribution in [1.82, 2.24) is 20.1 Å². The summed E-state index contributed by atoms with van der Waals surface area (Å²) in [5.74, 6) is 2.55. The van der Waals surface area contributed by atoms with Crippen molar-refractivity contribution < 1.29 is 9.26 Å². The van der Waals surface area contributed by atoms with Crippen molar-refractivity contribution in [3.8, 4) is 23.1 Å². The van der Waals surface area contributed by atoms with E-state index in [-0.39, 0.29) is 0 Å². The van der Waals surface area contributed by atoms with Gasteiger partial charge in [-0.05, 0) is 48.5 Å². The number of aromatic nitrogens is 4. The summed E-state index contributed by atoms with van der Waals surface area (Å²) < 4.78 is 11.3. The Morgan fingerprint density at radius 1 is 1.00 bits per heavy atom. The Hall–Kier alpha value is -3.87. The number of fused-ring (bicyclic) bond motifs is 3. The van der Waals surface area contributed by atoms with Crippen LogP contribution < -0.4 is 10.5 Å². The molecule has 0 aliphatic carbocycles. The van der Waals surface area contributed by atoms with E-state index in [4.69, 9.17) is 15.0 Å². The molecule has 3 aromatic heterocycles. The minimum absolute atomic E-state index is 0.419. The summed E-state index contributed by atoms with van der Waals surface area (Å²) in [5, 5.41) is 5.99. The van der Waals surface area contributed by atoms with Crippen LogP contribution in [0.3, 0.4) is 0 Å². The maximum Gasteiger partial charge on any atom is 0.276 e. The summed E-state index contributed by atoms with van der Waals surface area (Å²) >= 11 is 0. The molecule has 0 radical (unpaired) electrons. The number of nitrogen functional groups attached to an aromatic ring is 1. The third-order valence-electron chi connectivity index (χ3n) is 4.57. The normalized spacial score (nSPS) is 11.3. The maximum absolute atomic E-state index is 5.97. The van der Waals surface area contributed by atoms with E-state index in [0.717, 1.165) is 33.3 Å². The van der Waals surface area contributed by atoms with Gasteiger partial charge in [0, 0.05) is 28.4 Å². The summed E-state index contributed by atoms with van der Waals surface area (Å²) in [5.41, 5.74) is 9.00. The van der Waals surface area contributed by atoms with Crippen molar-refractivity contribution in [3.05, 3.63) is 60.6 Å². The van der Waals surface area contributed by atoms with Gasteiger partial charge in [0.15, 0.2) is 5.82 Å². The first-order valence-corrected chi connectivity index (χ1v) is 8.97. The van der Waals surface area contributed by atoms with Gasteiger partial charge < -0.3 is 20.0 Å². The van der Waals surface area contributed by atoms with Gasteiger partial charge in [0.1, 0.15) is 17.2 Å². The van der Waals surface area contributed by atoms with Crippen LogP contribution >= 0.6 is 0 Å². The van der Waals surface area contributed by atoms with Gasteiger partial charge in [0.25, 0.3) is 5.89 Å². The molecule has 0 atom stereocenters. The van der Waals surface area contributed by atoms with E-state index >= 15 is 0 Å². The molecule has 3 N–H and O–H groups in total. The van der Waals surface area contributed by atoms with Crippen molar-refractivity contribution in [2.45, 2.75) is 13.3 Å². The lowest BCUT2D eigenvalue weighted by Gasteiger charge is -2.06. The van der Waals surface area contributed by atoms with Crippen LogP contribution in [0.1, 0.15) is 12.7 Å². The fourth-order valence-electron chi connectivity index (χ4n) is 3.13. The Morgan fingerprint density at radius 2 is 1.79 bits per heavy atom. The number of rotatable bonds is 4. The zero-order valence-corrected chi connectivity index (χ0v) is 15.1. The highest BCUT2D eigenvalue weighted by atomic mass is 16.5. The molecule has 5 aromatic rings. The minimum atomic E-state index is 0.419. The summed E-state index contributed by atoms with van der Waals surface area (Å²) in [4.78, 5) is 12.2. The van der Waals surface area contributed by atoms with E-state index in [1.807, 2.05) is 55.5 Å². The number of nitrogens with two attached hydrogens (primary N) is 1. The molecule has 0 aliphatic rings. The van der Waals surface area contributed by atoms with Crippen LogP contribution in [0, 0.1) is 0 Å². The Labute approximate surface area is 160 Å². The predicted molar refractivity (Wildman–Crippen MR) is 107 cm³/mol. The average Bonchev–Trinajstić information content (AvgIpc) is 3.34. The second-order valence-electron chi connectivity index (χ2n) is 6.49. The molecule has 0 amide bonds. The molecule has 0 unspecified atom stereocenters. The minimum Gasteiger partial charge on any atom is -0.457 e. The van der Waals surface area contributed by atoms with Gasteiger partial charge in [-0.15, -0.1) is 0 Å². The lowest BCUT2D eigenvalue weighted by Crippen LogP contribution is -1.86. The van der Waals surface area contributed by atoms with Crippen LogP contribution in [0.5, 0.6) is 11.5 Å². The molecule has 0 saturated carbocycles. The van der Waals surface area contributed by atoms with Gasteiger partial charge in [0.2, 0.25) is 0 Å². The van der Waals surface area contributed by atoms with E-state index in [9.17, 15) is 0 Å². The molecule has 0 bridgehead atoms. The lowest BCUT2D eigenvalue weighted by atomic mass is 10.1. The largest absolute Gasteiger partial charge is 0.457 e. The van der Waals surface area contributed by atoms with Crippen LogP contribution in [0.15, 0.2) is 59.3 Å². The summed E-state index contributed by atoms with van der Waals surface area (Å²) in [6.07, 6.45) is 2.49. The van der Waals surface area contributed by atoms with Crippen molar-refractivity contribution in [3.63, 3.8) is 0 Å². The molecule has 0 spiro atoms. The summed E-state index contributed by atoms with van der Waals surface area (Å²) in [7, 11) is 0. The van der Waals surface area contributed by atoms with E-state index in [1.165, 1.54) is 0 Å². The Bertz CT molecular complexity index is 1290. The molecule has 7 nitrogen and oxygen atoms in total. The number of anilines is 1. The van der Waals surface area contributed by atoms with E-state index in [2.05, 4.69) is 20.1 Å². The number of hydrogen-bond donors (Lipinski definition) is 2. The number of ether oxygens (including phenoxy) is 1. The predicted octanol–water partition coefficient (Wildman–Crippen LogP) is 4.70. The molecule has 3 heterocycles. The first-order chi connectivity index (χ1) is 13.7. The van der Waals surface area contributed by atoms with Crippen molar-refractivity contribution in [2.24, 2.45) is 0 Å². The first-order valence-electron chi connectivity index (χ1n) is 8.97. The van der Waals surface area contributed by atoms with Crippen molar-refractivity contribution in [2.75, 3.05) is 5.73 Å². The van der Waals surface area contributed by atoms with Gasteiger partial charge in [-0.25, -0.2) is 4.98 Å². The third-order valence-corrected chi connectivity index (χ3v) is 4.57. The smallest absolute Gasteiger partial charge is 0.276 e. The molecule has 5 rings (SSSR count). The quantitative estimate of drug-likeness (QED) is 0.444. The monoisotopic (exact) mass is 371 g/mol. The van der Waals surface area contributed by atoms with Crippen LogP contribution in [0.4, 0.5) is 5.69 Å². The zero-order valence-electron chi connectivity index (χ0n) is 15.1. The summed E-state index contributed by atoms with van der Waals surface area (Å²) in [6.45, 7) is 1.98. The standard InChI is InChI=1S/C21H17N5O2/c1-2-20-25-21(28-26-20)18-10-16-15-9-14(27-13-5-3-12(22)4-6-13)7-8-17(15)24-19(16)11-23-18/h3-11,24H,2,22H2,1H3. The van der Waals surface area contributed by atoms with Gasteiger partial charge in [-0.3, -0.25) is 0 Å². The van der Waals surface area contributed by atoms with Gasteiger partial charge >= 0.3 is 0 Å². The Kier molecular flexibility index (Phi) is 3.72. The third kappa shape index (κ3) is 2.83. The van der Waals surface area contributed by atoms with Crippen molar-refractivity contribution in [1.29, 1.82) is 0 Å². The van der Waals surface area contributed by atoms with E-state index < -0.39 is 0 Å². The Morgan fingerprint density at radius 3 is 2.57 bits per heavy atom. The number of H-pyrrole nitrogens is 1. The van der Waals surface area contributed by atoms with Crippen LogP contribution in [0.2, 0.25) is 0 Å². The molecule has 2 aromatic carbocycles. The molecule has 0 aliphatic heterocycles. The number of aromatic amines is 1. The lowest BCUT2D eigenvalue weighted by molar-refractivity contribution is 0.422. The first kappa shape index (κ1) is 16.3. The van der Waals surface area contributed by atoms with Gasteiger partial charge in [-0.1, -0.05) is 12.1 Å². The molecule has 28 heavy (non-hydrogen) atoms. The second kappa shape index (κ2) is 6.38. The number of nitrogens with zero attached hydrogens (tertiary/aromatic N) is 3. The van der Waals surface area contributed by atoms with Crippen LogP contribution in [-0.4, -0.2) is 20.1 Å². The highest BCUT2D eigenvalue weighted by molar-refractivity contribution is 6.08. The zero-order chi connectivity index (χ0) is 19.1. The van der Waals surface area contributed by atoms with Gasteiger partial charge in [-0.2, -0.15) is 4.98 Å². The number of pyridine rings is 1. The molecule has 0 fully saturated rings. The van der Waals surface area contributed by atoms with Crippen LogP contribution in [0.25, 0.3) is 33.4 Å². The second-order valence-corrected chi connectivity index (χ2v) is 6.49. The fraction of sp³-hybridized carbons (Fsp3) is 0.0952. The number of hydrogen-bond acceptors (Lipinski definition) is 6.